The van der Waals surface area contributed by atoms with Gasteiger partial charge < -0.3 is 4.90 Å². The zero-order valence-electron chi connectivity index (χ0n) is 15.9. The predicted octanol–water partition coefficient (Wildman–Crippen LogP) is 4.44. The lowest BCUT2D eigenvalue weighted by Gasteiger charge is -2.38. The first-order chi connectivity index (χ1) is 13.7. The summed E-state index contributed by atoms with van der Waals surface area (Å²) < 4.78 is 53.4. The first kappa shape index (κ1) is 20.0. The van der Waals surface area contributed by atoms with Gasteiger partial charge in [-0.05, 0) is 32.0 Å². The zero-order valence-corrected chi connectivity index (χ0v) is 16.7. The minimum Gasteiger partial charge on any atom is -0.354 e. The molecule has 3 aromatic rings. The fourth-order valence-corrected chi connectivity index (χ4v) is 4.30. The molecule has 0 saturated carbocycles. The molecule has 1 atom stereocenters. The number of pyridine rings is 2. The molecule has 0 N–H and O–H groups in total. The molecule has 0 amide bonds. The Bertz CT molecular complexity index is 1010. The summed E-state index contributed by atoms with van der Waals surface area (Å²) in [6, 6.07) is 3.69. The molecule has 29 heavy (non-hydrogen) atoms. The van der Waals surface area contributed by atoms with Crippen molar-refractivity contribution >= 4 is 27.5 Å². The van der Waals surface area contributed by atoms with Gasteiger partial charge in [-0.15, -0.1) is 11.3 Å². The smallest absolute Gasteiger partial charge is 0.354 e. The molecule has 1 aliphatic rings. The van der Waals surface area contributed by atoms with E-state index in [0.29, 0.717) is 43.3 Å². The highest BCUT2D eigenvalue weighted by atomic mass is 32.1. The van der Waals surface area contributed by atoms with Gasteiger partial charge in [0, 0.05) is 32.4 Å². The van der Waals surface area contributed by atoms with Crippen LogP contribution in [0.4, 0.5) is 23.4 Å². The zero-order chi connectivity index (χ0) is 20.8. The number of alkyl halides is 3. The van der Waals surface area contributed by atoms with Crippen molar-refractivity contribution in [2.75, 3.05) is 31.1 Å². The first-order valence-electron chi connectivity index (χ1n) is 9.18. The average Bonchev–Trinajstić information content (AvgIpc) is 3.05. The number of aryl methyl sites for hydroxylation is 1. The van der Waals surface area contributed by atoms with Gasteiger partial charge >= 0.3 is 6.18 Å². The van der Waals surface area contributed by atoms with E-state index < -0.39 is 11.7 Å². The van der Waals surface area contributed by atoms with Crippen molar-refractivity contribution in [3.8, 4) is 0 Å². The van der Waals surface area contributed by atoms with Crippen LogP contribution in [-0.2, 0) is 6.18 Å². The average molecular weight is 425 g/mol. The van der Waals surface area contributed by atoms with Crippen molar-refractivity contribution < 1.29 is 17.6 Å². The van der Waals surface area contributed by atoms with E-state index in [-0.39, 0.29) is 11.9 Å². The number of thiazole rings is 1. The molecule has 4 heterocycles. The van der Waals surface area contributed by atoms with Gasteiger partial charge in [-0.25, -0.2) is 19.3 Å². The van der Waals surface area contributed by atoms with Crippen molar-refractivity contribution in [3.63, 3.8) is 0 Å². The summed E-state index contributed by atoms with van der Waals surface area (Å²) in [5, 5.41) is 0.842. The van der Waals surface area contributed by atoms with Crippen LogP contribution < -0.4 is 4.90 Å². The number of halogens is 4. The Balaban J connectivity index is 1.45. The maximum Gasteiger partial charge on any atom is 0.417 e. The van der Waals surface area contributed by atoms with Gasteiger partial charge in [0.15, 0.2) is 5.65 Å². The molecule has 3 aromatic heterocycles. The highest BCUT2D eigenvalue weighted by Crippen LogP contribution is 2.31. The second-order valence-electron chi connectivity index (χ2n) is 7.01. The van der Waals surface area contributed by atoms with Gasteiger partial charge in [0.1, 0.15) is 11.6 Å². The normalized spacial score (nSPS) is 17.1. The summed E-state index contributed by atoms with van der Waals surface area (Å²) in [6.45, 7) is 6.19. The Morgan fingerprint density at radius 3 is 2.45 bits per heavy atom. The lowest BCUT2D eigenvalue weighted by molar-refractivity contribution is -0.137. The SMILES string of the molecule is Cc1nc2nc(C(C)N3CCN(c4ccc(C(F)(F)F)cn4)CC3)c(F)cc2s1. The van der Waals surface area contributed by atoms with Gasteiger partial charge in [-0.1, -0.05) is 0 Å². The number of nitrogens with zero attached hydrogens (tertiary/aromatic N) is 5. The van der Waals surface area contributed by atoms with Gasteiger partial charge in [0.2, 0.25) is 0 Å². The topological polar surface area (TPSA) is 45.2 Å². The lowest BCUT2D eigenvalue weighted by atomic mass is 10.1. The molecule has 10 heteroatoms. The summed E-state index contributed by atoms with van der Waals surface area (Å²) in [5.41, 5.74) is 0.162. The molecule has 1 saturated heterocycles. The summed E-state index contributed by atoms with van der Waals surface area (Å²) in [6.07, 6.45) is -3.54. The molecule has 0 aromatic carbocycles. The van der Waals surface area contributed by atoms with Crippen molar-refractivity contribution in [2.45, 2.75) is 26.1 Å². The quantitative estimate of drug-likeness (QED) is 0.581. The number of hydrogen-bond acceptors (Lipinski definition) is 6. The van der Waals surface area contributed by atoms with E-state index in [0.717, 1.165) is 22.0 Å². The molecular weight excluding hydrogens is 406 g/mol. The van der Waals surface area contributed by atoms with Gasteiger partial charge in [-0.3, -0.25) is 4.90 Å². The number of piperazine rings is 1. The van der Waals surface area contributed by atoms with Crippen LogP contribution in [0.3, 0.4) is 0 Å². The Morgan fingerprint density at radius 2 is 1.83 bits per heavy atom. The molecule has 0 radical (unpaired) electrons. The first-order valence-corrected chi connectivity index (χ1v) is 10.00. The number of rotatable bonds is 3. The Hall–Kier alpha value is -2.33. The van der Waals surface area contributed by atoms with Gasteiger partial charge in [-0.2, -0.15) is 13.2 Å². The van der Waals surface area contributed by atoms with Crippen molar-refractivity contribution in [3.05, 3.63) is 46.5 Å². The van der Waals surface area contributed by atoms with Crippen LogP contribution in [-0.4, -0.2) is 46.0 Å². The van der Waals surface area contributed by atoms with E-state index in [9.17, 15) is 17.6 Å². The lowest BCUT2D eigenvalue weighted by Crippen LogP contribution is -2.47. The molecule has 1 fully saturated rings. The molecule has 1 unspecified atom stereocenters. The number of aromatic nitrogens is 3. The Morgan fingerprint density at radius 1 is 1.10 bits per heavy atom. The number of fused-ring (bicyclic) bond motifs is 1. The monoisotopic (exact) mass is 425 g/mol. The third kappa shape index (κ3) is 4.04. The van der Waals surface area contributed by atoms with Gasteiger partial charge in [0.25, 0.3) is 0 Å². The van der Waals surface area contributed by atoms with Crippen molar-refractivity contribution in [1.29, 1.82) is 0 Å². The summed E-state index contributed by atoms with van der Waals surface area (Å²) >= 11 is 1.41. The standard InChI is InChI=1S/C19H19F4N5S/c1-11(17-14(20)9-15-18(26-17)25-12(2)29-15)27-5-7-28(8-6-27)16-4-3-13(10-24-16)19(21,22)23/h3-4,9-11H,5-8H2,1-2H3. The summed E-state index contributed by atoms with van der Waals surface area (Å²) in [7, 11) is 0. The number of anilines is 1. The molecule has 0 spiro atoms. The van der Waals surface area contributed by atoms with E-state index in [4.69, 9.17) is 0 Å². The highest BCUT2D eigenvalue weighted by Gasteiger charge is 2.31. The summed E-state index contributed by atoms with van der Waals surface area (Å²) in [5.74, 6) is 0.162. The fourth-order valence-electron chi connectivity index (χ4n) is 3.51. The molecule has 0 bridgehead atoms. The van der Waals surface area contributed by atoms with E-state index in [1.165, 1.54) is 23.5 Å². The van der Waals surface area contributed by atoms with Crippen molar-refractivity contribution in [1.82, 2.24) is 19.9 Å². The van der Waals surface area contributed by atoms with Crippen LogP contribution in [0.25, 0.3) is 10.3 Å². The van der Waals surface area contributed by atoms with E-state index in [2.05, 4.69) is 19.9 Å². The molecule has 5 nitrogen and oxygen atoms in total. The second-order valence-corrected chi connectivity index (χ2v) is 8.25. The van der Waals surface area contributed by atoms with Crippen LogP contribution in [0.1, 0.15) is 29.2 Å². The van der Waals surface area contributed by atoms with Crippen LogP contribution in [0, 0.1) is 12.7 Å². The predicted molar refractivity (Wildman–Crippen MR) is 104 cm³/mol. The fraction of sp³-hybridized carbons (Fsp3) is 0.421. The third-order valence-electron chi connectivity index (χ3n) is 5.13. The third-order valence-corrected chi connectivity index (χ3v) is 6.03. The molecule has 1 aliphatic heterocycles. The van der Waals surface area contributed by atoms with E-state index in [1.807, 2.05) is 18.7 Å². The van der Waals surface area contributed by atoms with Gasteiger partial charge in [0.05, 0.1) is 27.0 Å². The second kappa shape index (κ2) is 7.49. The van der Waals surface area contributed by atoms with Crippen LogP contribution in [0.5, 0.6) is 0 Å². The minimum absolute atomic E-state index is 0.232. The van der Waals surface area contributed by atoms with Crippen LogP contribution in [0.15, 0.2) is 24.4 Å². The number of hydrogen-bond donors (Lipinski definition) is 0. The molecule has 4 rings (SSSR count). The Kier molecular flexibility index (Phi) is 5.16. The molecule has 0 aliphatic carbocycles. The highest BCUT2D eigenvalue weighted by molar-refractivity contribution is 7.18. The maximum absolute atomic E-state index is 14.6. The maximum atomic E-state index is 14.6. The van der Waals surface area contributed by atoms with Crippen molar-refractivity contribution in [2.24, 2.45) is 0 Å². The largest absolute Gasteiger partial charge is 0.417 e. The summed E-state index contributed by atoms with van der Waals surface area (Å²) in [4.78, 5) is 16.8. The van der Waals surface area contributed by atoms with Crippen LogP contribution in [0.2, 0.25) is 0 Å². The van der Waals surface area contributed by atoms with E-state index >= 15 is 0 Å². The minimum atomic E-state index is -4.40. The molecular formula is C19H19F4N5S. The van der Waals surface area contributed by atoms with Crippen LogP contribution >= 0.6 is 11.3 Å². The van der Waals surface area contributed by atoms with E-state index in [1.54, 1.807) is 0 Å². The molecule has 154 valence electrons. The Labute approximate surface area is 169 Å².